The Balaban J connectivity index is 1.43. The number of aromatic nitrogens is 1. The van der Waals surface area contributed by atoms with E-state index < -0.39 is 5.41 Å². The van der Waals surface area contributed by atoms with Gasteiger partial charge in [0.15, 0.2) is 5.69 Å². The summed E-state index contributed by atoms with van der Waals surface area (Å²) in [6, 6.07) is 8.81. The van der Waals surface area contributed by atoms with Crippen molar-refractivity contribution < 1.29 is 23.6 Å². The molecule has 9 heteroatoms. The number of hydrogen-bond acceptors (Lipinski definition) is 6. The summed E-state index contributed by atoms with van der Waals surface area (Å²) in [5.74, 6) is 0.752. The van der Waals surface area contributed by atoms with E-state index >= 15 is 0 Å². The SMILES string of the molecule is CCCc1cc(C(=O)N2CCC3(C/C=C/COc4ccccc4C(=O)NCCNC3=O)CC2)no1. The van der Waals surface area contributed by atoms with Crippen molar-refractivity contribution in [2.75, 3.05) is 32.8 Å². The number of nitrogens with one attached hydrogen (secondary N) is 2. The minimum Gasteiger partial charge on any atom is -0.489 e. The second kappa shape index (κ2) is 11.2. The molecule has 2 aliphatic rings. The number of carbonyl (C=O) groups excluding carboxylic acids is 3. The predicted molar refractivity (Wildman–Crippen MR) is 129 cm³/mol. The monoisotopic (exact) mass is 480 g/mol. The van der Waals surface area contributed by atoms with Crippen molar-refractivity contribution in [3.8, 4) is 5.75 Å². The molecule has 3 amide bonds. The van der Waals surface area contributed by atoms with Gasteiger partial charge in [0.05, 0.1) is 11.0 Å². The highest BCUT2D eigenvalue weighted by molar-refractivity contribution is 5.97. The van der Waals surface area contributed by atoms with Crippen molar-refractivity contribution in [2.24, 2.45) is 5.41 Å². The van der Waals surface area contributed by atoms with Crippen molar-refractivity contribution >= 4 is 17.7 Å². The molecule has 0 radical (unpaired) electrons. The average molecular weight is 481 g/mol. The highest BCUT2D eigenvalue weighted by atomic mass is 16.5. The van der Waals surface area contributed by atoms with Crippen LogP contribution >= 0.6 is 0 Å². The highest BCUT2D eigenvalue weighted by Crippen LogP contribution is 2.36. The molecule has 1 aromatic heterocycles. The van der Waals surface area contributed by atoms with Crippen LogP contribution in [0, 0.1) is 5.41 Å². The number of ether oxygens (including phenoxy) is 1. The van der Waals surface area contributed by atoms with Gasteiger partial charge in [-0.2, -0.15) is 0 Å². The fourth-order valence-electron chi connectivity index (χ4n) is 4.53. The summed E-state index contributed by atoms with van der Waals surface area (Å²) >= 11 is 0. The Morgan fingerprint density at radius 1 is 1.11 bits per heavy atom. The van der Waals surface area contributed by atoms with Crippen LogP contribution in [-0.2, 0) is 11.2 Å². The van der Waals surface area contributed by atoms with Crippen molar-refractivity contribution in [2.45, 2.75) is 39.0 Å². The maximum Gasteiger partial charge on any atom is 0.276 e. The number of aryl methyl sites for hydroxylation is 1. The summed E-state index contributed by atoms with van der Waals surface area (Å²) in [5.41, 5.74) is 0.149. The number of amides is 3. The minimum atomic E-state index is -0.628. The Morgan fingerprint density at radius 3 is 2.69 bits per heavy atom. The lowest BCUT2D eigenvalue weighted by Gasteiger charge is -2.40. The molecule has 0 aliphatic carbocycles. The molecule has 1 fully saturated rings. The normalized spacial score (nSPS) is 19.6. The summed E-state index contributed by atoms with van der Waals surface area (Å²) in [7, 11) is 0. The molecule has 1 aromatic carbocycles. The zero-order chi connectivity index (χ0) is 24.7. The molecule has 186 valence electrons. The summed E-state index contributed by atoms with van der Waals surface area (Å²) in [4.78, 5) is 40.4. The zero-order valence-corrected chi connectivity index (χ0v) is 20.0. The lowest BCUT2D eigenvalue weighted by atomic mass is 9.74. The number of allylic oxidation sites excluding steroid dienone is 1. The molecule has 0 atom stereocenters. The molecule has 2 aromatic rings. The number of nitrogens with zero attached hydrogens (tertiary/aromatic N) is 2. The van der Waals surface area contributed by atoms with Crippen LogP contribution < -0.4 is 15.4 Å². The third-order valence-electron chi connectivity index (χ3n) is 6.60. The molecular weight excluding hydrogens is 448 g/mol. The van der Waals surface area contributed by atoms with Gasteiger partial charge in [-0.1, -0.05) is 36.4 Å². The lowest BCUT2D eigenvalue weighted by Crippen LogP contribution is -2.51. The first-order valence-electron chi connectivity index (χ1n) is 12.2. The van der Waals surface area contributed by atoms with Crippen molar-refractivity contribution in [3.05, 3.63) is 59.5 Å². The van der Waals surface area contributed by atoms with Crippen LogP contribution in [0.15, 0.2) is 47.0 Å². The van der Waals surface area contributed by atoms with Crippen molar-refractivity contribution in [1.82, 2.24) is 20.7 Å². The van der Waals surface area contributed by atoms with E-state index in [9.17, 15) is 14.4 Å². The molecule has 9 nitrogen and oxygen atoms in total. The van der Waals surface area contributed by atoms with Crippen LogP contribution in [0.4, 0.5) is 0 Å². The first kappa shape index (κ1) is 24.5. The summed E-state index contributed by atoms with van der Waals surface area (Å²) in [6.45, 7) is 3.87. The van der Waals surface area contributed by atoms with E-state index in [-0.39, 0.29) is 17.7 Å². The summed E-state index contributed by atoms with van der Waals surface area (Å²) in [6.07, 6.45) is 7.10. The van der Waals surface area contributed by atoms with E-state index in [1.54, 1.807) is 29.2 Å². The summed E-state index contributed by atoms with van der Waals surface area (Å²) < 4.78 is 11.1. The molecule has 0 saturated carbocycles. The van der Waals surface area contributed by atoms with Gasteiger partial charge in [-0.15, -0.1) is 0 Å². The van der Waals surface area contributed by atoms with Crippen LogP contribution in [-0.4, -0.2) is 60.6 Å². The molecule has 2 aliphatic heterocycles. The van der Waals surface area contributed by atoms with E-state index in [1.807, 2.05) is 25.1 Å². The molecule has 2 N–H and O–H groups in total. The number of rotatable bonds is 3. The average Bonchev–Trinajstić information content (AvgIpc) is 3.35. The Bertz CT molecular complexity index is 1080. The molecular formula is C26H32N4O5. The number of likely N-dealkylation sites (tertiary alicyclic amines) is 1. The van der Waals surface area contributed by atoms with Crippen molar-refractivity contribution in [1.29, 1.82) is 0 Å². The minimum absolute atomic E-state index is 0.0615. The quantitative estimate of drug-likeness (QED) is 0.653. The fourth-order valence-corrected chi connectivity index (χ4v) is 4.53. The third-order valence-corrected chi connectivity index (χ3v) is 6.60. The van der Waals surface area contributed by atoms with Gasteiger partial charge in [0.2, 0.25) is 5.91 Å². The number of carbonyl (C=O) groups is 3. The van der Waals surface area contributed by atoms with E-state index in [0.29, 0.717) is 74.8 Å². The Kier molecular flexibility index (Phi) is 7.84. The van der Waals surface area contributed by atoms with Crippen LogP contribution in [0.2, 0.25) is 0 Å². The first-order valence-corrected chi connectivity index (χ1v) is 12.2. The number of para-hydroxylation sites is 1. The lowest BCUT2D eigenvalue weighted by molar-refractivity contribution is -0.133. The number of benzene rings is 1. The van der Waals surface area contributed by atoms with Gasteiger partial charge in [-0.25, -0.2) is 0 Å². The predicted octanol–water partition coefficient (Wildman–Crippen LogP) is 2.73. The van der Waals surface area contributed by atoms with Crippen LogP contribution in [0.25, 0.3) is 0 Å². The van der Waals surface area contributed by atoms with Gasteiger partial charge in [0.25, 0.3) is 11.8 Å². The number of fused-ring (bicyclic) bond motifs is 1. The number of hydrogen-bond donors (Lipinski definition) is 2. The fraction of sp³-hybridized carbons (Fsp3) is 0.462. The smallest absolute Gasteiger partial charge is 0.276 e. The Hall–Kier alpha value is -3.62. The molecule has 1 spiro atoms. The molecule has 3 heterocycles. The van der Waals surface area contributed by atoms with Gasteiger partial charge in [-0.05, 0) is 37.8 Å². The highest BCUT2D eigenvalue weighted by Gasteiger charge is 2.41. The standard InChI is InChI=1S/C26H32N4O5/c1-2-7-19-18-21(29-35-19)24(32)30-15-11-26(12-16-30)10-5-6-17-34-22-9-4-3-8-20(22)23(31)27-13-14-28-25(26)33/h3-6,8-9,18H,2,7,10-17H2,1H3,(H,27,31)(H,28,33)/b6-5+. The zero-order valence-electron chi connectivity index (χ0n) is 20.0. The van der Waals surface area contributed by atoms with Gasteiger partial charge >= 0.3 is 0 Å². The van der Waals surface area contributed by atoms with E-state index in [2.05, 4.69) is 15.8 Å². The molecule has 4 rings (SSSR count). The molecule has 0 unspecified atom stereocenters. The van der Waals surface area contributed by atoms with Gasteiger partial charge in [0, 0.05) is 38.7 Å². The van der Waals surface area contributed by atoms with E-state index in [0.717, 1.165) is 12.8 Å². The van der Waals surface area contributed by atoms with Crippen LogP contribution in [0.1, 0.15) is 59.2 Å². The van der Waals surface area contributed by atoms with E-state index in [1.165, 1.54) is 0 Å². The molecule has 0 bridgehead atoms. The van der Waals surface area contributed by atoms with Gasteiger partial charge < -0.3 is 24.8 Å². The van der Waals surface area contributed by atoms with Crippen molar-refractivity contribution in [3.63, 3.8) is 0 Å². The van der Waals surface area contributed by atoms with E-state index in [4.69, 9.17) is 9.26 Å². The second-order valence-electron chi connectivity index (χ2n) is 9.00. The number of piperidine rings is 1. The topological polar surface area (TPSA) is 114 Å². The largest absolute Gasteiger partial charge is 0.489 e. The van der Waals surface area contributed by atoms with Gasteiger partial charge in [0.1, 0.15) is 18.1 Å². The maximum absolute atomic E-state index is 13.2. The second-order valence-corrected chi connectivity index (χ2v) is 9.00. The molecule has 35 heavy (non-hydrogen) atoms. The molecule has 1 saturated heterocycles. The van der Waals surface area contributed by atoms with Crippen LogP contribution in [0.5, 0.6) is 5.75 Å². The summed E-state index contributed by atoms with van der Waals surface area (Å²) in [5, 5.41) is 9.75. The Labute approximate surface area is 204 Å². The third kappa shape index (κ3) is 5.72. The Morgan fingerprint density at radius 2 is 1.89 bits per heavy atom. The first-order chi connectivity index (χ1) is 17.0. The van der Waals surface area contributed by atoms with Crippen LogP contribution in [0.3, 0.4) is 0 Å². The van der Waals surface area contributed by atoms with Gasteiger partial charge in [-0.3, -0.25) is 14.4 Å². The maximum atomic E-state index is 13.2.